The van der Waals surface area contributed by atoms with Crippen LogP contribution in [0.1, 0.15) is 17.5 Å². The summed E-state index contributed by atoms with van der Waals surface area (Å²) in [6.45, 7) is 2.19. The first-order valence-corrected chi connectivity index (χ1v) is 8.90. The Kier molecular flexibility index (Phi) is 6.84. The molecule has 146 valence electrons. The van der Waals surface area contributed by atoms with E-state index in [1.807, 2.05) is 4.90 Å². The first-order valence-electron chi connectivity index (χ1n) is 7.91. The molecule has 0 unspecified atom stereocenters. The van der Waals surface area contributed by atoms with Crippen LogP contribution >= 0.6 is 11.8 Å². The Hall–Kier alpha value is -1.42. The van der Waals surface area contributed by atoms with E-state index in [4.69, 9.17) is 0 Å². The van der Waals surface area contributed by atoms with Crippen molar-refractivity contribution in [2.45, 2.75) is 24.7 Å². The molecule has 0 saturated carbocycles. The Labute approximate surface area is 151 Å². The highest BCUT2D eigenvalue weighted by Crippen LogP contribution is 2.30. The van der Waals surface area contributed by atoms with E-state index >= 15 is 0 Å². The van der Waals surface area contributed by atoms with Crippen molar-refractivity contribution in [3.8, 4) is 0 Å². The monoisotopic (exact) mass is 400 g/mol. The van der Waals surface area contributed by atoms with Crippen LogP contribution in [0.4, 0.5) is 26.3 Å². The number of hydrogen-bond donors (Lipinski definition) is 0. The number of nitrogens with zero attached hydrogens (tertiary/aromatic N) is 2. The Morgan fingerprint density at radius 1 is 0.962 bits per heavy atom. The van der Waals surface area contributed by atoms with Gasteiger partial charge in [-0.25, -0.2) is 0 Å². The smallest absolute Gasteiger partial charge is 0.341 e. The molecule has 0 spiro atoms. The van der Waals surface area contributed by atoms with E-state index in [-0.39, 0.29) is 11.8 Å². The maximum Gasteiger partial charge on any atom is 0.442 e. The fourth-order valence-electron chi connectivity index (χ4n) is 2.67. The molecule has 0 bridgehead atoms. The zero-order valence-corrected chi connectivity index (χ0v) is 14.6. The van der Waals surface area contributed by atoms with Gasteiger partial charge >= 0.3 is 11.7 Å². The van der Waals surface area contributed by atoms with Gasteiger partial charge in [-0.2, -0.15) is 26.3 Å². The second-order valence-corrected chi connectivity index (χ2v) is 6.98. The Balaban J connectivity index is 1.85. The zero-order valence-electron chi connectivity index (χ0n) is 13.7. The van der Waals surface area contributed by atoms with Crippen LogP contribution < -0.4 is 0 Å². The molecular weight excluding hydrogens is 382 g/mol. The van der Waals surface area contributed by atoms with Gasteiger partial charge in [0.2, 0.25) is 5.91 Å². The lowest BCUT2D eigenvalue weighted by Gasteiger charge is -2.22. The van der Waals surface area contributed by atoms with Crippen LogP contribution in [-0.4, -0.2) is 53.1 Å². The molecule has 1 fully saturated rings. The van der Waals surface area contributed by atoms with E-state index in [1.165, 1.54) is 17.0 Å². The van der Waals surface area contributed by atoms with Crippen molar-refractivity contribution >= 4 is 17.7 Å². The average Bonchev–Trinajstić information content (AvgIpc) is 2.77. The van der Waals surface area contributed by atoms with Crippen molar-refractivity contribution in [2.75, 3.05) is 31.9 Å². The summed E-state index contributed by atoms with van der Waals surface area (Å²) in [5, 5.41) is 0. The summed E-state index contributed by atoms with van der Waals surface area (Å²) >= 11 is -0.348. The molecule has 0 radical (unpaired) electrons. The second-order valence-electron chi connectivity index (χ2n) is 5.94. The summed E-state index contributed by atoms with van der Waals surface area (Å²) in [5.74, 6) is -1.19. The molecule has 3 nitrogen and oxygen atoms in total. The van der Waals surface area contributed by atoms with Crippen molar-refractivity contribution in [2.24, 2.45) is 0 Å². The molecule has 1 aliphatic rings. The van der Waals surface area contributed by atoms with Gasteiger partial charge in [0.25, 0.3) is 0 Å². The minimum atomic E-state index is -4.43. The molecular formula is C16H18F6N2OS. The molecule has 1 amide bonds. The minimum absolute atomic E-state index is 0.303. The number of rotatable bonds is 4. The summed E-state index contributed by atoms with van der Waals surface area (Å²) in [6.07, 6.45) is -3.78. The quantitative estimate of drug-likeness (QED) is 0.714. The molecule has 0 aliphatic carbocycles. The van der Waals surface area contributed by atoms with Gasteiger partial charge in [-0.05, 0) is 35.9 Å². The lowest BCUT2D eigenvalue weighted by molar-refractivity contribution is -0.137. The van der Waals surface area contributed by atoms with Crippen LogP contribution in [-0.2, 0) is 17.5 Å². The number of thioether (sulfide) groups is 1. The molecule has 1 aromatic carbocycles. The fourth-order valence-corrected chi connectivity index (χ4v) is 3.14. The number of carbonyl (C=O) groups is 1. The van der Waals surface area contributed by atoms with Crippen molar-refractivity contribution in [1.82, 2.24) is 9.80 Å². The van der Waals surface area contributed by atoms with E-state index in [2.05, 4.69) is 0 Å². The molecule has 1 saturated heterocycles. The van der Waals surface area contributed by atoms with E-state index in [1.54, 1.807) is 0 Å². The van der Waals surface area contributed by atoms with E-state index in [0.29, 0.717) is 44.7 Å². The molecule has 2 rings (SSSR count). The molecule has 0 atom stereocenters. The van der Waals surface area contributed by atoms with Gasteiger partial charge in [0.05, 0.1) is 11.3 Å². The molecule has 1 heterocycles. The van der Waals surface area contributed by atoms with Crippen LogP contribution in [0.25, 0.3) is 0 Å². The standard InChI is InChI=1S/C16H18F6N2OS/c17-15(18,19)13-4-2-12(3-5-13)10-23-6-1-7-24(9-8-23)14(25)11-26-16(20,21)22/h2-5H,1,6-11H2. The second kappa shape index (κ2) is 8.51. The Bertz CT molecular complexity index is 602. The van der Waals surface area contributed by atoms with Gasteiger partial charge in [0.15, 0.2) is 0 Å². The molecule has 1 aliphatic heterocycles. The summed E-state index contributed by atoms with van der Waals surface area (Å²) in [5.41, 5.74) is -4.43. The van der Waals surface area contributed by atoms with E-state index in [9.17, 15) is 31.1 Å². The lowest BCUT2D eigenvalue weighted by Crippen LogP contribution is -2.36. The number of halogens is 6. The van der Waals surface area contributed by atoms with Crippen LogP contribution in [0.2, 0.25) is 0 Å². The largest absolute Gasteiger partial charge is 0.442 e. The molecule has 0 N–H and O–H groups in total. The first-order chi connectivity index (χ1) is 12.0. The van der Waals surface area contributed by atoms with Gasteiger partial charge in [0, 0.05) is 32.7 Å². The van der Waals surface area contributed by atoms with Crippen LogP contribution in [0.3, 0.4) is 0 Å². The third-order valence-electron chi connectivity index (χ3n) is 3.99. The van der Waals surface area contributed by atoms with Crippen LogP contribution in [0, 0.1) is 0 Å². The molecule has 10 heteroatoms. The minimum Gasteiger partial charge on any atom is -0.341 e. The highest BCUT2D eigenvalue weighted by atomic mass is 32.2. The summed E-state index contributed by atoms with van der Waals surface area (Å²) in [4.78, 5) is 15.3. The van der Waals surface area contributed by atoms with Gasteiger partial charge in [-0.3, -0.25) is 9.69 Å². The average molecular weight is 400 g/mol. The summed E-state index contributed by atoms with van der Waals surface area (Å²) in [7, 11) is 0. The third-order valence-corrected chi connectivity index (χ3v) is 4.71. The predicted molar refractivity (Wildman–Crippen MR) is 86.4 cm³/mol. The lowest BCUT2D eigenvalue weighted by atomic mass is 10.1. The molecule has 26 heavy (non-hydrogen) atoms. The van der Waals surface area contributed by atoms with Crippen molar-refractivity contribution < 1.29 is 31.1 Å². The molecule has 1 aromatic rings. The number of alkyl halides is 6. The highest BCUT2D eigenvalue weighted by Gasteiger charge is 2.31. The molecule has 0 aromatic heterocycles. The summed E-state index contributed by atoms with van der Waals surface area (Å²) in [6, 6.07) is 4.88. The SMILES string of the molecule is O=C(CSC(F)(F)F)N1CCCN(Cc2ccc(C(F)(F)F)cc2)CC1. The topological polar surface area (TPSA) is 23.6 Å². The number of hydrogen-bond acceptors (Lipinski definition) is 3. The number of amides is 1. The van der Waals surface area contributed by atoms with E-state index in [0.717, 1.165) is 12.1 Å². The maximum atomic E-state index is 12.6. The summed E-state index contributed by atoms with van der Waals surface area (Å²) < 4.78 is 74.3. The highest BCUT2D eigenvalue weighted by molar-refractivity contribution is 8.00. The van der Waals surface area contributed by atoms with Gasteiger partial charge in [0.1, 0.15) is 0 Å². The Morgan fingerprint density at radius 2 is 1.62 bits per heavy atom. The zero-order chi connectivity index (χ0) is 19.4. The van der Waals surface area contributed by atoms with Gasteiger partial charge in [-0.1, -0.05) is 12.1 Å². The van der Waals surface area contributed by atoms with Crippen LogP contribution in [0.15, 0.2) is 24.3 Å². The number of benzene rings is 1. The predicted octanol–water partition coefficient (Wildman–Crippen LogP) is 3.99. The maximum absolute atomic E-state index is 12.6. The van der Waals surface area contributed by atoms with Gasteiger partial charge in [-0.15, -0.1) is 0 Å². The van der Waals surface area contributed by atoms with Crippen LogP contribution in [0.5, 0.6) is 0 Å². The first kappa shape index (κ1) is 20.9. The van der Waals surface area contributed by atoms with Crippen molar-refractivity contribution in [1.29, 1.82) is 0 Å². The van der Waals surface area contributed by atoms with Crippen molar-refractivity contribution in [3.05, 3.63) is 35.4 Å². The fraction of sp³-hybridized carbons (Fsp3) is 0.562. The van der Waals surface area contributed by atoms with Gasteiger partial charge < -0.3 is 4.90 Å². The van der Waals surface area contributed by atoms with E-state index < -0.39 is 28.9 Å². The third kappa shape index (κ3) is 6.71. The normalized spacial score (nSPS) is 17.2. The van der Waals surface area contributed by atoms with Crippen molar-refractivity contribution in [3.63, 3.8) is 0 Å². The number of carbonyl (C=O) groups excluding carboxylic acids is 1. The Morgan fingerprint density at radius 3 is 2.19 bits per heavy atom.